The second-order valence-electron chi connectivity index (χ2n) is 2.24. The van der Waals surface area contributed by atoms with Crippen molar-refractivity contribution >= 4 is 21.8 Å². The van der Waals surface area contributed by atoms with Crippen molar-refractivity contribution < 1.29 is 4.79 Å². The molecule has 0 aromatic carbocycles. The summed E-state index contributed by atoms with van der Waals surface area (Å²) in [7, 11) is 1.79. The SMILES string of the molecule is Cn1cc(Br)c(CC(N)=O)n1. The number of carbonyl (C=O) groups is 1. The highest BCUT2D eigenvalue weighted by Gasteiger charge is 2.06. The van der Waals surface area contributed by atoms with Crippen LogP contribution in [0.2, 0.25) is 0 Å². The zero-order chi connectivity index (χ0) is 8.43. The Morgan fingerprint density at radius 1 is 1.91 bits per heavy atom. The Hall–Kier alpha value is -0.840. The second kappa shape index (κ2) is 3.04. The third-order valence-corrected chi connectivity index (χ3v) is 1.86. The standard InChI is InChI=1S/C6H8BrN3O/c1-10-3-4(7)5(9-10)2-6(8)11/h3H,2H2,1H3,(H2,8,11). The van der Waals surface area contributed by atoms with Crippen LogP contribution in [0.25, 0.3) is 0 Å². The maximum absolute atomic E-state index is 10.5. The van der Waals surface area contributed by atoms with Gasteiger partial charge < -0.3 is 5.73 Å². The molecule has 0 fully saturated rings. The summed E-state index contributed by atoms with van der Waals surface area (Å²) in [5, 5.41) is 4.02. The molecular weight excluding hydrogens is 210 g/mol. The summed E-state index contributed by atoms with van der Waals surface area (Å²) >= 11 is 3.25. The van der Waals surface area contributed by atoms with E-state index in [1.165, 1.54) is 0 Å². The molecule has 60 valence electrons. The Kier molecular flexibility index (Phi) is 2.28. The molecule has 2 N–H and O–H groups in total. The summed E-state index contributed by atoms with van der Waals surface area (Å²) in [6, 6.07) is 0. The normalized spacial score (nSPS) is 10.0. The lowest BCUT2D eigenvalue weighted by Crippen LogP contribution is -2.14. The molecule has 0 bridgehead atoms. The molecule has 0 radical (unpaired) electrons. The van der Waals surface area contributed by atoms with Crippen molar-refractivity contribution in [3.05, 3.63) is 16.4 Å². The number of hydrogen-bond donors (Lipinski definition) is 1. The van der Waals surface area contributed by atoms with E-state index in [0.717, 1.165) is 4.47 Å². The number of halogens is 1. The summed E-state index contributed by atoms with van der Waals surface area (Å²) in [5.41, 5.74) is 5.67. The van der Waals surface area contributed by atoms with E-state index in [4.69, 9.17) is 5.73 Å². The largest absolute Gasteiger partial charge is 0.369 e. The van der Waals surface area contributed by atoms with Gasteiger partial charge in [-0.05, 0) is 15.9 Å². The lowest BCUT2D eigenvalue weighted by molar-refractivity contribution is -0.117. The molecule has 1 aromatic rings. The molecule has 1 amide bonds. The minimum Gasteiger partial charge on any atom is -0.369 e. The van der Waals surface area contributed by atoms with Crippen LogP contribution in [0, 0.1) is 0 Å². The van der Waals surface area contributed by atoms with Crippen LogP contribution in [0.3, 0.4) is 0 Å². The number of nitrogens with two attached hydrogens (primary N) is 1. The van der Waals surface area contributed by atoms with Crippen LogP contribution in [0.4, 0.5) is 0 Å². The van der Waals surface area contributed by atoms with Gasteiger partial charge in [-0.3, -0.25) is 9.48 Å². The molecule has 0 saturated heterocycles. The van der Waals surface area contributed by atoms with Crippen LogP contribution < -0.4 is 5.73 Å². The van der Waals surface area contributed by atoms with Crippen LogP contribution in [-0.4, -0.2) is 15.7 Å². The fourth-order valence-electron chi connectivity index (χ4n) is 0.790. The first-order chi connectivity index (χ1) is 5.09. The maximum atomic E-state index is 10.5. The van der Waals surface area contributed by atoms with Crippen LogP contribution in [-0.2, 0) is 18.3 Å². The Morgan fingerprint density at radius 2 is 2.55 bits per heavy atom. The van der Waals surface area contributed by atoms with Gasteiger partial charge in [-0.25, -0.2) is 0 Å². The Bertz CT molecular complexity index is 281. The van der Waals surface area contributed by atoms with Crippen LogP contribution >= 0.6 is 15.9 Å². The van der Waals surface area contributed by atoms with E-state index >= 15 is 0 Å². The monoisotopic (exact) mass is 217 g/mol. The lowest BCUT2D eigenvalue weighted by Gasteiger charge is -1.89. The minimum absolute atomic E-state index is 0.182. The Balaban J connectivity index is 2.85. The van der Waals surface area contributed by atoms with Gasteiger partial charge in [-0.15, -0.1) is 0 Å². The molecular formula is C6H8BrN3O. The summed E-state index contributed by atoms with van der Waals surface area (Å²) in [4.78, 5) is 10.5. The van der Waals surface area contributed by atoms with E-state index in [-0.39, 0.29) is 12.3 Å². The highest BCUT2D eigenvalue weighted by Crippen LogP contribution is 2.13. The number of carbonyl (C=O) groups excluding carboxylic acids is 1. The molecule has 0 spiro atoms. The van der Waals surface area contributed by atoms with Crippen LogP contribution in [0.1, 0.15) is 5.69 Å². The minimum atomic E-state index is -0.371. The van der Waals surface area contributed by atoms with Crippen LogP contribution in [0.15, 0.2) is 10.7 Å². The van der Waals surface area contributed by atoms with Crippen molar-refractivity contribution in [2.75, 3.05) is 0 Å². The Labute approximate surface area is 72.5 Å². The third-order valence-electron chi connectivity index (χ3n) is 1.20. The van der Waals surface area contributed by atoms with Crippen molar-refractivity contribution in [2.24, 2.45) is 12.8 Å². The molecule has 5 heteroatoms. The van der Waals surface area contributed by atoms with Crippen molar-refractivity contribution in [3.63, 3.8) is 0 Å². The molecule has 4 nitrogen and oxygen atoms in total. The molecule has 0 unspecified atom stereocenters. The fraction of sp³-hybridized carbons (Fsp3) is 0.333. The highest BCUT2D eigenvalue weighted by atomic mass is 79.9. The third kappa shape index (κ3) is 2.04. The number of aromatic nitrogens is 2. The molecule has 0 atom stereocenters. The van der Waals surface area contributed by atoms with Crippen molar-refractivity contribution in [2.45, 2.75) is 6.42 Å². The zero-order valence-corrected chi connectivity index (χ0v) is 7.63. The number of primary amides is 1. The average molecular weight is 218 g/mol. The van der Waals surface area contributed by atoms with E-state index in [0.29, 0.717) is 5.69 Å². The topological polar surface area (TPSA) is 60.9 Å². The summed E-state index contributed by atoms with van der Waals surface area (Å²) in [5.74, 6) is -0.371. The molecule has 0 saturated carbocycles. The maximum Gasteiger partial charge on any atom is 0.223 e. The molecule has 0 aliphatic carbocycles. The number of hydrogen-bond acceptors (Lipinski definition) is 2. The van der Waals surface area contributed by atoms with Crippen molar-refractivity contribution in [1.82, 2.24) is 9.78 Å². The van der Waals surface area contributed by atoms with E-state index in [1.807, 2.05) is 0 Å². The predicted molar refractivity (Wildman–Crippen MR) is 43.8 cm³/mol. The van der Waals surface area contributed by atoms with Crippen LogP contribution in [0.5, 0.6) is 0 Å². The number of aryl methyl sites for hydroxylation is 1. The van der Waals surface area contributed by atoms with Gasteiger partial charge in [0.05, 0.1) is 16.6 Å². The molecule has 1 rings (SSSR count). The molecule has 11 heavy (non-hydrogen) atoms. The first-order valence-corrected chi connectivity index (χ1v) is 3.85. The van der Waals surface area contributed by atoms with E-state index in [9.17, 15) is 4.79 Å². The zero-order valence-electron chi connectivity index (χ0n) is 6.04. The van der Waals surface area contributed by atoms with Gasteiger partial charge in [0.25, 0.3) is 0 Å². The summed E-state index contributed by atoms with van der Waals surface area (Å²) < 4.78 is 2.45. The van der Waals surface area contributed by atoms with Gasteiger partial charge in [-0.1, -0.05) is 0 Å². The van der Waals surface area contributed by atoms with Gasteiger partial charge in [0.1, 0.15) is 0 Å². The summed E-state index contributed by atoms with van der Waals surface area (Å²) in [6.45, 7) is 0. The van der Waals surface area contributed by atoms with E-state index in [2.05, 4.69) is 21.0 Å². The predicted octanol–water partition coefficient (Wildman–Crippen LogP) is 0.210. The van der Waals surface area contributed by atoms with Gasteiger partial charge in [-0.2, -0.15) is 5.10 Å². The quantitative estimate of drug-likeness (QED) is 0.771. The Morgan fingerprint density at radius 3 is 2.91 bits per heavy atom. The first-order valence-electron chi connectivity index (χ1n) is 3.06. The van der Waals surface area contributed by atoms with Gasteiger partial charge in [0.15, 0.2) is 0 Å². The first kappa shape index (κ1) is 8.26. The van der Waals surface area contributed by atoms with Crippen molar-refractivity contribution in [1.29, 1.82) is 0 Å². The molecule has 0 aliphatic heterocycles. The van der Waals surface area contributed by atoms with E-state index < -0.39 is 0 Å². The molecule has 1 aromatic heterocycles. The lowest BCUT2D eigenvalue weighted by atomic mass is 10.3. The van der Waals surface area contributed by atoms with Gasteiger partial charge >= 0.3 is 0 Å². The number of nitrogens with zero attached hydrogens (tertiary/aromatic N) is 2. The number of rotatable bonds is 2. The second-order valence-corrected chi connectivity index (χ2v) is 3.09. The van der Waals surface area contributed by atoms with Gasteiger partial charge in [0, 0.05) is 13.2 Å². The smallest absolute Gasteiger partial charge is 0.223 e. The van der Waals surface area contributed by atoms with Crippen molar-refractivity contribution in [3.8, 4) is 0 Å². The number of amides is 1. The summed E-state index contributed by atoms with van der Waals surface area (Å²) in [6.07, 6.45) is 1.96. The van der Waals surface area contributed by atoms with Gasteiger partial charge in [0.2, 0.25) is 5.91 Å². The molecule has 0 aliphatic rings. The fourth-order valence-corrected chi connectivity index (χ4v) is 1.31. The van der Waals surface area contributed by atoms with E-state index in [1.54, 1.807) is 17.9 Å². The highest BCUT2D eigenvalue weighted by molar-refractivity contribution is 9.10. The average Bonchev–Trinajstić information content (AvgIpc) is 2.09. The molecule has 1 heterocycles.